The van der Waals surface area contributed by atoms with E-state index in [4.69, 9.17) is 4.74 Å². The van der Waals surface area contributed by atoms with E-state index in [1.54, 1.807) is 6.07 Å². The lowest BCUT2D eigenvalue weighted by atomic mass is 10.1. The molecule has 180 valence electrons. The number of sulfonamides is 1. The molecule has 1 amide bonds. The Morgan fingerprint density at radius 3 is 2.47 bits per heavy atom. The third-order valence-corrected chi connectivity index (χ3v) is 7.35. The number of carbonyl (C=O) groups is 1. The Bertz CT molecular complexity index is 1300. The average molecular weight is 494 g/mol. The van der Waals surface area contributed by atoms with Crippen molar-refractivity contribution in [3.8, 4) is 11.4 Å². The van der Waals surface area contributed by atoms with Crippen LogP contribution in [0.25, 0.3) is 5.69 Å². The number of alkyl halides is 3. The first-order chi connectivity index (χ1) is 16.1. The van der Waals surface area contributed by atoms with Gasteiger partial charge in [-0.25, -0.2) is 13.1 Å². The van der Waals surface area contributed by atoms with Gasteiger partial charge in [0.1, 0.15) is 10.6 Å². The summed E-state index contributed by atoms with van der Waals surface area (Å²) in [7, 11) is -2.60. The summed E-state index contributed by atoms with van der Waals surface area (Å²) < 4.78 is 73.9. The van der Waals surface area contributed by atoms with Crippen LogP contribution in [0.1, 0.15) is 28.8 Å². The fraction of sp³-hybridized carbons (Fsp3) is 0.273. The molecule has 8 nitrogen and oxygen atoms in total. The number of nitrogens with one attached hydrogen (secondary N) is 1. The highest BCUT2D eigenvalue weighted by atomic mass is 32.2. The van der Waals surface area contributed by atoms with Crippen LogP contribution in [-0.2, 0) is 16.2 Å². The summed E-state index contributed by atoms with van der Waals surface area (Å²) >= 11 is 0. The Kier molecular flexibility index (Phi) is 6.36. The number of benzene rings is 2. The van der Waals surface area contributed by atoms with Crippen LogP contribution in [0.2, 0.25) is 0 Å². The van der Waals surface area contributed by atoms with E-state index in [0.717, 1.165) is 25.0 Å². The summed E-state index contributed by atoms with van der Waals surface area (Å²) in [5.74, 6) is -0.715. The minimum Gasteiger partial charge on any atom is -0.495 e. The number of amides is 1. The minimum absolute atomic E-state index is 0.0533. The van der Waals surface area contributed by atoms with Crippen molar-refractivity contribution >= 4 is 21.6 Å². The smallest absolute Gasteiger partial charge is 0.416 e. The zero-order chi connectivity index (χ0) is 24.5. The van der Waals surface area contributed by atoms with Gasteiger partial charge in [0.25, 0.3) is 5.91 Å². The molecule has 4 rings (SSSR count). The van der Waals surface area contributed by atoms with Crippen molar-refractivity contribution in [1.29, 1.82) is 0 Å². The largest absolute Gasteiger partial charge is 0.495 e. The standard InChI is InChI=1S/C22H21F3N4O4S/c1-33-19-8-5-15(13-20(19)34(31,32)28-10-2-3-11-28)21(30)27-17-14-16(22(23,24)25)6-7-18(17)29-12-4-9-26-29/h4-9,12-14H,2-3,10-11H2,1H3,(H,27,30). The van der Waals surface area contributed by atoms with Crippen molar-refractivity contribution in [2.75, 3.05) is 25.5 Å². The van der Waals surface area contributed by atoms with Gasteiger partial charge in [-0.05, 0) is 55.3 Å². The number of nitrogens with zero attached hydrogens (tertiary/aromatic N) is 3. The third-order valence-electron chi connectivity index (χ3n) is 5.43. The van der Waals surface area contributed by atoms with Gasteiger partial charge in [0.05, 0.1) is 24.0 Å². The summed E-state index contributed by atoms with van der Waals surface area (Å²) in [6, 6.07) is 8.34. The van der Waals surface area contributed by atoms with E-state index in [1.807, 2.05) is 0 Å². The molecule has 0 bridgehead atoms. The zero-order valence-corrected chi connectivity index (χ0v) is 18.9. The molecule has 34 heavy (non-hydrogen) atoms. The van der Waals surface area contributed by atoms with Gasteiger partial charge in [-0.2, -0.15) is 22.6 Å². The second-order valence-corrected chi connectivity index (χ2v) is 9.52. The Morgan fingerprint density at radius 1 is 1.12 bits per heavy atom. The van der Waals surface area contributed by atoms with Crippen LogP contribution in [0, 0.1) is 0 Å². The van der Waals surface area contributed by atoms with Gasteiger partial charge >= 0.3 is 6.18 Å². The maximum absolute atomic E-state index is 13.3. The van der Waals surface area contributed by atoms with Gasteiger partial charge < -0.3 is 10.1 Å². The zero-order valence-electron chi connectivity index (χ0n) is 18.0. The van der Waals surface area contributed by atoms with E-state index in [-0.39, 0.29) is 27.6 Å². The van der Waals surface area contributed by atoms with Crippen LogP contribution in [0.15, 0.2) is 59.8 Å². The normalized spacial score (nSPS) is 14.8. The predicted octanol–water partition coefficient (Wildman–Crippen LogP) is 3.94. The molecule has 0 spiro atoms. The molecular formula is C22H21F3N4O4S. The van der Waals surface area contributed by atoms with Gasteiger partial charge in [-0.3, -0.25) is 4.79 Å². The molecular weight excluding hydrogens is 473 g/mol. The van der Waals surface area contributed by atoms with Crippen molar-refractivity contribution in [2.24, 2.45) is 0 Å². The number of carbonyl (C=O) groups excluding carboxylic acids is 1. The van der Waals surface area contributed by atoms with Gasteiger partial charge in [0.2, 0.25) is 10.0 Å². The van der Waals surface area contributed by atoms with Crippen molar-refractivity contribution < 1.29 is 31.1 Å². The molecule has 2 heterocycles. The van der Waals surface area contributed by atoms with Crippen molar-refractivity contribution in [1.82, 2.24) is 14.1 Å². The van der Waals surface area contributed by atoms with Crippen molar-refractivity contribution in [3.63, 3.8) is 0 Å². The molecule has 0 radical (unpaired) electrons. The van der Waals surface area contributed by atoms with Gasteiger partial charge in [0, 0.05) is 31.0 Å². The SMILES string of the molecule is COc1ccc(C(=O)Nc2cc(C(F)(F)F)ccc2-n2cccn2)cc1S(=O)(=O)N1CCCC1. The number of halogens is 3. The molecule has 1 N–H and O–H groups in total. The Hall–Kier alpha value is -3.38. The minimum atomic E-state index is -4.63. The Labute approximate surface area is 194 Å². The van der Waals surface area contributed by atoms with Crippen LogP contribution in [-0.4, -0.2) is 48.6 Å². The van der Waals surface area contributed by atoms with Gasteiger partial charge in [-0.15, -0.1) is 0 Å². The van der Waals surface area contributed by atoms with Crippen LogP contribution >= 0.6 is 0 Å². The third kappa shape index (κ3) is 4.64. The highest BCUT2D eigenvalue weighted by molar-refractivity contribution is 7.89. The number of aromatic nitrogens is 2. The summed E-state index contributed by atoms with van der Waals surface area (Å²) in [4.78, 5) is 12.8. The number of methoxy groups -OCH3 is 1. The van der Waals surface area contributed by atoms with Crippen LogP contribution < -0.4 is 10.1 Å². The molecule has 1 aliphatic rings. The molecule has 12 heteroatoms. The highest BCUT2D eigenvalue weighted by Gasteiger charge is 2.32. The number of ether oxygens (including phenoxy) is 1. The maximum Gasteiger partial charge on any atom is 0.416 e. The lowest BCUT2D eigenvalue weighted by molar-refractivity contribution is -0.137. The fourth-order valence-electron chi connectivity index (χ4n) is 3.71. The monoisotopic (exact) mass is 494 g/mol. The molecule has 3 aromatic rings. The first-order valence-electron chi connectivity index (χ1n) is 10.3. The summed E-state index contributed by atoms with van der Waals surface area (Å²) in [6.07, 6.45) is -0.200. The second-order valence-electron chi connectivity index (χ2n) is 7.61. The first kappa shape index (κ1) is 23.8. The molecule has 1 aromatic heterocycles. The molecule has 2 aromatic carbocycles. The first-order valence-corrected chi connectivity index (χ1v) is 11.8. The molecule has 1 saturated heterocycles. The number of rotatable bonds is 6. The molecule has 0 aliphatic carbocycles. The van der Waals surface area contributed by atoms with Crippen molar-refractivity contribution in [2.45, 2.75) is 23.9 Å². The topological polar surface area (TPSA) is 93.5 Å². The van der Waals surface area contributed by atoms with Crippen LogP contribution in [0.4, 0.5) is 18.9 Å². The second kappa shape index (κ2) is 9.11. The number of hydrogen-bond acceptors (Lipinski definition) is 5. The maximum atomic E-state index is 13.3. The molecule has 0 atom stereocenters. The molecule has 1 fully saturated rings. The lowest BCUT2D eigenvalue weighted by Crippen LogP contribution is -2.28. The van der Waals surface area contributed by atoms with E-state index >= 15 is 0 Å². The molecule has 1 aliphatic heterocycles. The van der Waals surface area contributed by atoms with Crippen LogP contribution in [0.5, 0.6) is 5.75 Å². The summed E-state index contributed by atoms with van der Waals surface area (Å²) in [5.41, 5.74) is -0.929. The van der Waals surface area contributed by atoms with Crippen LogP contribution in [0.3, 0.4) is 0 Å². The van der Waals surface area contributed by atoms with E-state index in [9.17, 15) is 26.4 Å². The molecule has 0 unspecified atom stereocenters. The summed E-state index contributed by atoms with van der Waals surface area (Å²) in [6.45, 7) is 0.721. The van der Waals surface area contributed by atoms with Crippen molar-refractivity contribution in [3.05, 3.63) is 66.0 Å². The average Bonchev–Trinajstić information content (AvgIpc) is 3.52. The highest BCUT2D eigenvalue weighted by Crippen LogP contribution is 2.34. The molecule has 0 saturated carbocycles. The Balaban J connectivity index is 1.72. The van der Waals surface area contributed by atoms with E-state index in [0.29, 0.717) is 13.1 Å². The lowest BCUT2D eigenvalue weighted by Gasteiger charge is -2.18. The predicted molar refractivity (Wildman–Crippen MR) is 118 cm³/mol. The quantitative estimate of drug-likeness (QED) is 0.561. The number of hydrogen-bond donors (Lipinski definition) is 1. The Morgan fingerprint density at radius 2 is 1.85 bits per heavy atom. The van der Waals surface area contributed by atoms with Gasteiger partial charge in [-0.1, -0.05) is 0 Å². The van der Waals surface area contributed by atoms with Gasteiger partial charge in [0.15, 0.2) is 0 Å². The van der Waals surface area contributed by atoms with E-state index < -0.39 is 27.7 Å². The van der Waals surface area contributed by atoms with E-state index in [1.165, 1.54) is 52.8 Å². The number of anilines is 1. The summed E-state index contributed by atoms with van der Waals surface area (Å²) in [5, 5.41) is 6.48. The van der Waals surface area contributed by atoms with E-state index in [2.05, 4.69) is 10.4 Å². The fourth-order valence-corrected chi connectivity index (χ4v) is 5.40.